The first kappa shape index (κ1) is 36.2. The smallest absolute Gasteiger partial charge is 0.120 e. The molecule has 7 rings (SSSR count). The summed E-state index contributed by atoms with van der Waals surface area (Å²) in [6.07, 6.45) is 11.8. The zero-order valence-corrected chi connectivity index (χ0v) is 33.9. The van der Waals surface area contributed by atoms with Gasteiger partial charge in [0.05, 0.1) is 5.58 Å². The van der Waals surface area contributed by atoms with Gasteiger partial charge in [0.15, 0.2) is 0 Å². The van der Waals surface area contributed by atoms with E-state index in [-0.39, 0.29) is 20.1 Å². The number of aryl methyl sites for hydroxylation is 2. The Bertz CT molecular complexity index is 2000. The maximum Gasteiger partial charge on any atom is 0.120 e. The van der Waals surface area contributed by atoms with Crippen LogP contribution in [0.5, 0.6) is 0 Å². The summed E-state index contributed by atoms with van der Waals surface area (Å²) in [6.45, 7) is 8.61. The second-order valence-electron chi connectivity index (χ2n) is 14.6. The SMILES string of the molecule is Cc1c[c-]c(-c2cc(CC(C)C)[c]([Ge]([CH3])([CH3])[CH3])cn2)c(C)n1.[Ir].[c-]1ccc2c(oc3ccccc32)c1-c1cc(C2CCCCC2)ccn1. The Balaban J connectivity index is 0.000000186. The number of hydrogen-bond donors (Lipinski definition) is 0. The van der Waals surface area contributed by atoms with Crippen LogP contribution >= 0.6 is 0 Å². The Morgan fingerprint density at radius 1 is 0.875 bits per heavy atom. The summed E-state index contributed by atoms with van der Waals surface area (Å²) in [4.78, 5) is 13.9. The first-order valence-electron chi connectivity index (χ1n) is 17.2. The van der Waals surface area contributed by atoms with E-state index in [0.29, 0.717) is 11.8 Å². The van der Waals surface area contributed by atoms with E-state index in [1.165, 1.54) is 47.6 Å². The first-order chi connectivity index (χ1) is 22.6. The molecule has 0 unspecified atom stereocenters. The van der Waals surface area contributed by atoms with Crippen LogP contribution in [0.1, 0.15) is 74.4 Å². The van der Waals surface area contributed by atoms with Crippen molar-refractivity contribution in [2.45, 2.75) is 89.4 Å². The van der Waals surface area contributed by atoms with E-state index in [1.807, 2.05) is 44.3 Å². The first-order valence-corrected chi connectivity index (χ1v) is 24.6. The Morgan fingerprint density at radius 3 is 2.35 bits per heavy atom. The summed E-state index contributed by atoms with van der Waals surface area (Å²) in [5.41, 5.74) is 10.7. The Kier molecular flexibility index (Phi) is 11.8. The van der Waals surface area contributed by atoms with Gasteiger partial charge in [-0.3, -0.25) is 0 Å². The minimum Gasteiger partial charge on any atom is -0.501 e. The third-order valence-corrected chi connectivity index (χ3v) is 13.6. The van der Waals surface area contributed by atoms with E-state index < -0.39 is 13.3 Å². The van der Waals surface area contributed by atoms with E-state index in [2.05, 4.69) is 95.8 Å². The number of pyridine rings is 3. The van der Waals surface area contributed by atoms with Crippen LogP contribution in [0, 0.1) is 31.9 Å². The molecule has 6 heteroatoms. The third-order valence-electron chi connectivity index (χ3n) is 9.27. The predicted octanol–water partition coefficient (Wildman–Crippen LogP) is 10.8. The van der Waals surface area contributed by atoms with E-state index in [9.17, 15) is 0 Å². The second kappa shape index (κ2) is 15.6. The van der Waals surface area contributed by atoms with Crippen LogP contribution in [0.15, 0.2) is 77.5 Å². The van der Waals surface area contributed by atoms with Crippen molar-refractivity contribution in [3.63, 3.8) is 0 Å². The van der Waals surface area contributed by atoms with Crippen molar-refractivity contribution in [2.75, 3.05) is 0 Å². The van der Waals surface area contributed by atoms with Gasteiger partial charge < -0.3 is 9.40 Å². The predicted molar refractivity (Wildman–Crippen MR) is 199 cm³/mol. The molecule has 0 saturated heterocycles. The van der Waals surface area contributed by atoms with E-state index >= 15 is 0 Å². The molecule has 0 atom stereocenters. The van der Waals surface area contributed by atoms with Crippen LogP contribution in [0.25, 0.3) is 44.5 Å². The van der Waals surface area contributed by atoms with Gasteiger partial charge in [-0.1, -0.05) is 60.0 Å². The number of para-hydroxylation sites is 1. The summed E-state index contributed by atoms with van der Waals surface area (Å²) < 4.78 is 7.68. The Labute approximate surface area is 302 Å². The number of benzene rings is 2. The molecule has 0 aliphatic heterocycles. The summed E-state index contributed by atoms with van der Waals surface area (Å²) >= 11 is -1.90. The van der Waals surface area contributed by atoms with Gasteiger partial charge in [0.25, 0.3) is 0 Å². The Hall–Kier alpha value is -3.12. The zero-order chi connectivity index (χ0) is 33.1. The van der Waals surface area contributed by atoms with Crippen LogP contribution in [0.3, 0.4) is 0 Å². The van der Waals surface area contributed by atoms with Crippen LogP contribution in [0.4, 0.5) is 0 Å². The molecule has 0 amide bonds. The standard InChI is InChI=1S/C23H20NO.C19H27GeN2.Ir/c1-2-7-16(8-3-1)17-13-14-24-21(15-17)20-11-6-10-19-18-9-4-5-12-22(18)25-23(19)20;1-13(2)10-16-11-19(21-12-18(16)20(5,6)7)17-9-8-14(3)22-15(17)4;/h4-6,9-10,12-16H,1-3,7-8H2;8,11-13H,10H2,1-7H3;/q2*-1;. The van der Waals surface area contributed by atoms with E-state index in [1.54, 1.807) is 0 Å². The molecule has 1 radical (unpaired) electrons. The summed E-state index contributed by atoms with van der Waals surface area (Å²) in [7, 11) is 0. The fraction of sp³-hybridized carbons (Fsp3) is 0.357. The van der Waals surface area contributed by atoms with Crippen molar-refractivity contribution in [1.29, 1.82) is 0 Å². The van der Waals surface area contributed by atoms with Crippen molar-refractivity contribution in [2.24, 2.45) is 5.92 Å². The maximum atomic E-state index is 6.15. The minimum atomic E-state index is -1.90. The van der Waals surface area contributed by atoms with Crippen molar-refractivity contribution in [3.8, 4) is 22.5 Å². The Morgan fingerprint density at radius 2 is 1.62 bits per heavy atom. The van der Waals surface area contributed by atoms with E-state index in [0.717, 1.165) is 62.3 Å². The summed E-state index contributed by atoms with van der Waals surface area (Å²) in [5.74, 6) is 8.63. The molecule has 4 heterocycles. The molecule has 48 heavy (non-hydrogen) atoms. The average molecular weight is 875 g/mol. The quantitative estimate of drug-likeness (QED) is 0.124. The molecule has 4 nitrogen and oxygen atoms in total. The van der Waals surface area contributed by atoms with Crippen molar-refractivity contribution >= 4 is 39.6 Å². The monoisotopic (exact) mass is 876 g/mol. The molecule has 0 bridgehead atoms. The molecule has 2 aromatic carbocycles. The molecule has 6 aromatic rings. The number of furan rings is 1. The number of fused-ring (bicyclic) bond motifs is 3. The molecule has 251 valence electrons. The van der Waals surface area contributed by atoms with Gasteiger partial charge in [-0.15, -0.1) is 18.2 Å². The number of aromatic nitrogens is 3. The van der Waals surface area contributed by atoms with E-state index in [4.69, 9.17) is 9.40 Å². The molecule has 0 N–H and O–H groups in total. The molecule has 4 aromatic heterocycles. The van der Waals surface area contributed by atoms with Gasteiger partial charge >= 0.3 is 138 Å². The van der Waals surface area contributed by atoms with Crippen molar-refractivity contribution in [1.82, 2.24) is 15.0 Å². The summed E-state index contributed by atoms with van der Waals surface area (Å²) in [5, 5.41) is 2.28. The number of hydrogen-bond acceptors (Lipinski definition) is 4. The van der Waals surface area contributed by atoms with Gasteiger partial charge in [-0.25, -0.2) is 0 Å². The number of rotatable bonds is 6. The van der Waals surface area contributed by atoms with Crippen molar-refractivity contribution < 1.29 is 24.5 Å². The van der Waals surface area contributed by atoms with Gasteiger partial charge in [-0.2, -0.15) is 0 Å². The fourth-order valence-electron chi connectivity index (χ4n) is 6.97. The third kappa shape index (κ3) is 8.18. The van der Waals surface area contributed by atoms with Gasteiger partial charge in [0.1, 0.15) is 5.58 Å². The normalized spacial score (nSPS) is 13.8. The van der Waals surface area contributed by atoms with Crippen molar-refractivity contribution in [3.05, 3.63) is 108 Å². The fourth-order valence-corrected chi connectivity index (χ4v) is 10.3. The van der Waals surface area contributed by atoms with Crippen LogP contribution in [-0.4, -0.2) is 28.2 Å². The maximum absolute atomic E-state index is 6.15. The largest absolute Gasteiger partial charge is 0.501 e. The summed E-state index contributed by atoms with van der Waals surface area (Å²) in [6, 6.07) is 27.6. The molecule has 0 spiro atoms. The number of nitrogens with zero attached hydrogens (tertiary/aromatic N) is 3. The molecular formula is C42H47GeIrN3O-2. The zero-order valence-electron chi connectivity index (χ0n) is 29.4. The van der Waals surface area contributed by atoms with Gasteiger partial charge in [0, 0.05) is 31.7 Å². The van der Waals surface area contributed by atoms with Crippen LogP contribution in [0.2, 0.25) is 17.3 Å². The van der Waals surface area contributed by atoms with Crippen LogP contribution < -0.4 is 4.40 Å². The molecule has 1 aliphatic carbocycles. The van der Waals surface area contributed by atoms with Gasteiger partial charge in [-0.05, 0) is 36.6 Å². The molecular weight excluding hydrogens is 827 g/mol. The van der Waals surface area contributed by atoms with Crippen LogP contribution in [-0.2, 0) is 26.5 Å². The average Bonchev–Trinajstić information content (AvgIpc) is 3.44. The minimum absolute atomic E-state index is 0. The molecule has 1 aliphatic rings. The molecule has 1 saturated carbocycles. The topological polar surface area (TPSA) is 51.8 Å². The molecule has 1 fully saturated rings. The second-order valence-corrected chi connectivity index (χ2v) is 25.2. The van der Waals surface area contributed by atoms with Gasteiger partial charge in [0.2, 0.25) is 0 Å².